The number of carbonyl (C=O) groups is 1. The number of nitrogens with one attached hydrogen (secondary N) is 1. The minimum Gasteiger partial charge on any atom is -0.494 e. The third kappa shape index (κ3) is 6.23. The lowest BCUT2D eigenvalue weighted by Gasteiger charge is -2.12. The molecule has 0 aliphatic carbocycles. The zero-order valence-electron chi connectivity index (χ0n) is 18.1. The van der Waals surface area contributed by atoms with Crippen LogP contribution in [0.3, 0.4) is 0 Å². The van der Waals surface area contributed by atoms with Gasteiger partial charge in [0.1, 0.15) is 23.2 Å². The molecule has 0 aliphatic heterocycles. The molecule has 1 N–H and O–H groups in total. The number of nitriles is 1. The second-order valence-corrected chi connectivity index (χ2v) is 7.27. The fourth-order valence-corrected chi connectivity index (χ4v) is 3.23. The van der Waals surface area contributed by atoms with Gasteiger partial charge in [0.05, 0.1) is 12.2 Å². The Bertz CT molecular complexity index is 1260. The first kappa shape index (κ1) is 24.5. The van der Waals surface area contributed by atoms with Crippen LogP contribution in [0.1, 0.15) is 29.2 Å². The van der Waals surface area contributed by atoms with E-state index in [1.54, 1.807) is 49.4 Å². The summed E-state index contributed by atoms with van der Waals surface area (Å²) in [4.78, 5) is 12.5. The van der Waals surface area contributed by atoms with Crippen LogP contribution < -0.4 is 10.1 Å². The summed E-state index contributed by atoms with van der Waals surface area (Å²) >= 11 is 0. The van der Waals surface area contributed by atoms with Crippen LogP contribution in [0.15, 0.2) is 72.3 Å². The van der Waals surface area contributed by atoms with Gasteiger partial charge in [0.15, 0.2) is 0 Å². The SMILES string of the molecule is CCOc1cc(/C=C(\C#N)C(=O)Nc2cccc(C(F)(F)F)c2)ccc1Cc1ccccc1F. The standard InChI is InChI=1S/C26H20F4N2O2/c1-2-34-24-13-17(10-11-19(24)14-18-6-3-4-9-23(18)27)12-20(16-31)25(33)32-22-8-5-7-21(15-22)26(28,29)30/h3-13,15H,2,14H2,1H3,(H,32,33)/b20-12+. The van der Waals surface area contributed by atoms with Crippen LogP contribution in [0.2, 0.25) is 0 Å². The summed E-state index contributed by atoms with van der Waals surface area (Å²) in [6, 6.07) is 17.3. The number of nitrogens with zero attached hydrogens (tertiary/aromatic N) is 1. The number of amides is 1. The van der Waals surface area contributed by atoms with E-state index in [-0.39, 0.29) is 23.5 Å². The van der Waals surface area contributed by atoms with E-state index in [9.17, 15) is 27.6 Å². The molecule has 0 atom stereocenters. The van der Waals surface area contributed by atoms with Crippen LogP contribution in [0.4, 0.5) is 23.2 Å². The number of hydrogen-bond donors (Lipinski definition) is 1. The molecule has 0 unspecified atom stereocenters. The molecule has 0 fully saturated rings. The summed E-state index contributed by atoms with van der Waals surface area (Å²) in [5, 5.41) is 11.8. The van der Waals surface area contributed by atoms with Crippen molar-refractivity contribution in [1.29, 1.82) is 5.26 Å². The van der Waals surface area contributed by atoms with Gasteiger partial charge in [0.25, 0.3) is 5.91 Å². The summed E-state index contributed by atoms with van der Waals surface area (Å²) in [7, 11) is 0. The molecule has 8 heteroatoms. The fourth-order valence-electron chi connectivity index (χ4n) is 3.23. The largest absolute Gasteiger partial charge is 0.494 e. The molecule has 0 bridgehead atoms. The summed E-state index contributed by atoms with van der Waals surface area (Å²) in [6.07, 6.45) is -2.97. The van der Waals surface area contributed by atoms with Crippen LogP contribution in [0.5, 0.6) is 5.75 Å². The number of anilines is 1. The molecular weight excluding hydrogens is 448 g/mol. The van der Waals surface area contributed by atoms with E-state index in [1.807, 2.05) is 0 Å². The van der Waals surface area contributed by atoms with E-state index in [0.29, 0.717) is 23.5 Å². The molecule has 0 saturated carbocycles. The van der Waals surface area contributed by atoms with E-state index < -0.39 is 17.6 Å². The normalized spacial score (nSPS) is 11.6. The van der Waals surface area contributed by atoms with E-state index in [4.69, 9.17) is 4.74 Å². The highest BCUT2D eigenvalue weighted by Crippen LogP contribution is 2.31. The lowest BCUT2D eigenvalue weighted by atomic mass is 10.0. The first-order valence-electron chi connectivity index (χ1n) is 10.3. The average molecular weight is 468 g/mol. The van der Waals surface area contributed by atoms with Gasteiger partial charge in [-0.1, -0.05) is 36.4 Å². The molecule has 174 valence electrons. The molecule has 3 rings (SSSR count). The number of carbonyl (C=O) groups excluding carboxylic acids is 1. The Kier molecular flexibility index (Phi) is 7.69. The van der Waals surface area contributed by atoms with Crippen molar-refractivity contribution in [3.63, 3.8) is 0 Å². The van der Waals surface area contributed by atoms with Crippen molar-refractivity contribution in [1.82, 2.24) is 0 Å². The Balaban J connectivity index is 1.85. The molecule has 0 heterocycles. The summed E-state index contributed by atoms with van der Waals surface area (Å²) in [5.74, 6) is -0.725. The molecule has 0 aliphatic rings. The van der Waals surface area contributed by atoms with Gasteiger partial charge in [-0.15, -0.1) is 0 Å². The number of rotatable bonds is 7. The lowest BCUT2D eigenvalue weighted by Crippen LogP contribution is -2.14. The molecule has 0 spiro atoms. The van der Waals surface area contributed by atoms with Gasteiger partial charge in [0, 0.05) is 12.1 Å². The van der Waals surface area contributed by atoms with Crippen molar-refractivity contribution in [3.05, 3.63) is 100 Å². The molecular formula is C26H20F4N2O2. The van der Waals surface area contributed by atoms with Crippen LogP contribution in [0.25, 0.3) is 6.08 Å². The lowest BCUT2D eigenvalue weighted by molar-refractivity contribution is -0.137. The summed E-state index contributed by atoms with van der Waals surface area (Å²) in [5.41, 5.74) is 0.370. The Labute approximate surface area is 194 Å². The second kappa shape index (κ2) is 10.7. The van der Waals surface area contributed by atoms with Gasteiger partial charge >= 0.3 is 6.18 Å². The van der Waals surface area contributed by atoms with Gasteiger partial charge < -0.3 is 10.1 Å². The number of benzene rings is 3. The van der Waals surface area contributed by atoms with Crippen molar-refractivity contribution in [3.8, 4) is 11.8 Å². The molecule has 0 radical (unpaired) electrons. The number of alkyl halides is 3. The fraction of sp³-hybridized carbons (Fsp3) is 0.154. The van der Waals surface area contributed by atoms with Crippen molar-refractivity contribution >= 4 is 17.7 Å². The Hall–Kier alpha value is -4.12. The van der Waals surface area contributed by atoms with E-state index in [0.717, 1.165) is 23.8 Å². The Morgan fingerprint density at radius 1 is 1.06 bits per heavy atom. The third-order valence-corrected chi connectivity index (χ3v) is 4.85. The van der Waals surface area contributed by atoms with Crippen molar-refractivity contribution in [2.75, 3.05) is 11.9 Å². The van der Waals surface area contributed by atoms with Crippen molar-refractivity contribution < 1.29 is 27.1 Å². The molecule has 0 aromatic heterocycles. The summed E-state index contributed by atoms with van der Waals surface area (Å²) in [6.45, 7) is 2.14. The highest BCUT2D eigenvalue weighted by atomic mass is 19.4. The van der Waals surface area contributed by atoms with Gasteiger partial charge in [-0.2, -0.15) is 18.4 Å². The second-order valence-electron chi connectivity index (χ2n) is 7.27. The number of ether oxygens (including phenoxy) is 1. The minimum absolute atomic E-state index is 0.0868. The van der Waals surface area contributed by atoms with Gasteiger partial charge in [0.2, 0.25) is 0 Å². The van der Waals surface area contributed by atoms with Crippen LogP contribution in [-0.2, 0) is 17.4 Å². The van der Waals surface area contributed by atoms with Crippen LogP contribution >= 0.6 is 0 Å². The highest BCUT2D eigenvalue weighted by Gasteiger charge is 2.30. The molecule has 1 amide bonds. The van der Waals surface area contributed by atoms with Crippen molar-refractivity contribution in [2.45, 2.75) is 19.5 Å². The molecule has 4 nitrogen and oxygen atoms in total. The predicted octanol–water partition coefficient (Wildman–Crippen LogP) is 6.38. The average Bonchev–Trinajstić information content (AvgIpc) is 2.80. The maximum absolute atomic E-state index is 14.1. The minimum atomic E-state index is -4.56. The van der Waals surface area contributed by atoms with Gasteiger partial charge in [-0.3, -0.25) is 4.79 Å². The van der Waals surface area contributed by atoms with Crippen LogP contribution in [0, 0.1) is 17.1 Å². The first-order chi connectivity index (χ1) is 16.2. The maximum Gasteiger partial charge on any atom is 0.416 e. The van der Waals surface area contributed by atoms with E-state index in [1.165, 1.54) is 18.2 Å². The Morgan fingerprint density at radius 2 is 1.82 bits per heavy atom. The maximum atomic E-state index is 14.1. The quantitative estimate of drug-likeness (QED) is 0.249. The monoisotopic (exact) mass is 468 g/mol. The van der Waals surface area contributed by atoms with Gasteiger partial charge in [-0.25, -0.2) is 4.39 Å². The number of halogens is 4. The Morgan fingerprint density at radius 3 is 2.50 bits per heavy atom. The van der Waals surface area contributed by atoms with Crippen LogP contribution in [-0.4, -0.2) is 12.5 Å². The molecule has 3 aromatic carbocycles. The highest BCUT2D eigenvalue weighted by molar-refractivity contribution is 6.09. The number of hydrogen-bond acceptors (Lipinski definition) is 3. The van der Waals surface area contributed by atoms with Gasteiger partial charge in [-0.05, 0) is 60.0 Å². The molecule has 0 saturated heterocycles. The zero-order chi connectivity index (χ0) is 24.7. The van der Waals surface area contributed by atoms with E-state index >= 15 is 0 Å². The third-order valence-electron chi connectivity index (χ3n) is 4.85. The van der Waals surface area contributed by atoms with Crippen molar-refractivity contribution in [2.24, 2.45) is 0 Å². The smallest absolute Gasteiger partial charge is 0.416 e. The first-order valence-corrected chi connectivity index (χ1v) is 10.3. The molecule has 34 heavy (non-hydrogen) atoms. The topological polar surface area (TPSA) is 62.1 Å². The summed E-state index contributed by atoms with van der Waals surface area (Å²) < 4.78 is 58.4. The predicted molar refractivity (Wildman–Crippen MR) is 120 cm³/mol. The van der Waals surface area contributed by atoms with E-state index in [2.05, 4.69) is 5.32 Å². The zero-order valence-corrected chi connectivity index (χ0v) is 18.1. The molecule has 3 aromatic rings.